The number of benzene rings is 1. The van der Waals surface area contributed by atoms with Crippen molar-refractivity contribution in [1.29, 1.82) is 0 Å². The quantitative estimate of drug-likeness (QED) is 0.846. The Hall–Kier alpha value is -2.51. The standard InChI is InChI=1S/C19H25N3O4/c1-24-16-7-14(8-17(10-16)25-2)12-21-3-5-22(6-4-21)19(23)15-9-18(11-20)26-13-15/h7-10,13H,3-6,11-12,20H2,1-2H3. The van der Waals surface area contributed by atoms with Crippen molar-refractivity contribution < 1.29 is 18.7 Å². The molecule has 0 saturated carbocycles. The molecular weight excluding hydrogens is 334 g/mol. The van der Waals surface area contributed by atoms with Gasteiger partial charge < -0.3 is 24.5 Å². The number of hydrogen-bond donors (Lipinski definition) is 1. The molecule has 2 heterocycles. The lowest BCUT2D eigenvalue weighted by Gasteiger charge is -2.34. The van der Waals surface area contributed by atoms with Gasteiger partial charge in [0.05, 0.1) is 26.3 Å². The highest BCUT2D eigenvalue weighted by Crippen LogP contribution is 2.24. The summed E-state index contributed by atoms with van der Waals surface area (Å²) in [5.74, 6) is 2.18. The summed E-state index contributed by atoms with van der Waals surface area (Å²) in [5, 5.41) is 0. The number of carbonyl (C=O) groups excluding carboxylic acids is 1. The summed E-state index contributed by atoms with van der Waals surface area (Å²) >= 11 is 0. The fourth-order valence-electron chi connectivity index (χ4n) is 3.11. The average Bonchev–Trinajstić information content (AvgIpc) is 3.17. The van der Waals surface area contributed by atoms with E-state index in [2.05, 4.69) is 4.90 Å². The van der Waals surface area contributed by atoms with E-state index in [0.717, 1.165) is 36.7 Å². The Labute approximate surface area is 153 Å². The van der Waals surface area contributed by atoms with E-state index in [1.54, 1.807) is 20.3 Å². The van der Waals surface area contributed by atoms with Crippen molar-refractivity contribution in [2.24, 2.45) is 5.73 Å². The molecule has 1 aliphatic rings. The molecule has 3 rings (SSSR count). The molecule has 0 spiro atoms. The molecule has 2 aromatic rings. The SMILES string of the molecule is COc1cc(CN2CCN(C(=O)c3coc(CN)c3)CC2)cc(OC)c1. The van der Waals surface area contributed by atoms with Crippen LogP contribution < -0.4 is 15.2 Å². The van der Waals surface area contributed by atoms with Gasteiger partial charge in [0, 0.05) is 38.8 Å². The summed E-state index contributed by atoms with van der Waals surface area (Å²) in [6.45, 7) is 4.08. The molecule has 2 N–H and O–H groups in total. The van der Waals surface area contributed by atoms with Crippen LogP contribution in [0.25, 0.3) is 0 Å². The number of rotatable bonds is 6. The molecule has 1 amide bonds. The van der Waals surface area contributed by atoms with Crippen LogP contribution in [0.15, 0.2) is 34.9 Å². The van der Waals surface area contributed by atoms with Crippen LogP contribution in [0.4, 0.5) is 0 Å². The molecule has 0 radical (unpaired) electrons. The van der Waals surface area contributed by atoms with E-state index < -0.39 is 0 Å². The van der Waals surface area contributed by atoms with E-state index in [1.165, 1.54) is 6.26 Å². The van der Waals surface area contributed by atoms with Crippen molar-refractivity contribution in [1.82, 2.24) is 9.80 Å². The van der Waals surface area contributed by atoms with Gasteiger partial charge in [-0.1, -0.05) is 0 Å². The van der Waals surface area contributed by atoms with Crippen LogP contribution in [-0.4, -0.2) is 56.1 Å². The van der Waals surface area contributed by atoms with Gasteiger partial charge in [0.15, 0.2) is 0 Å². The Balaban J connectivity index is 1.57. The van der Waals surface area contributed by atoms with Crippen LogP contribution in [0.5, 0.6) is 11.5 Å². The Kier molecular flexibility index (Phi) is 5.80. The number of hydrogen-bond acceptors (Lipinski definition) is 6. The Morgan fingerprint density at radius 1 is 1.08 bits per heavy atom. The second-order valence-corrected chi connectivity index (χ2v) is 6.30. The molecule has 140 valence electrons. The first-order chi connectivity index (χ1) is 12.6. The molecule has 0 unspecified atom stereocenters. The Morgan fingerprint density at radius 3 is 2.27 bits per heavy atom. The Bertz CT molecular complexity index is 729. The van der Waals surface area contributed by atoms with Crippen LogP contribution >= 0.6 is 0 Å². The van der Waals surface area contributed by atoms with Gasteiger partial charge in [-0.25, -0.2) is 0 Å². The number of nitrogens with two attached hydrogens (primary N) is 1. The molecule has 26 heavy (non-hydrogen) atoms. The van der Waals surface area contributed by atoms with Crippen molar-refractivity contribution >= 4 is 5.91 Å². The summed E-state index contributed by atoms with van der Waals surface area (Å²) in [4.78, 5) is 16.7. The fourth-order valence-corrected chi connectivity index (χ4v) is 3.11. The molecule has 1 aromatic carbocycles. The van der Waals surface area contributed by atoms with Gasteiger partial charge in [-0.05, 0) is 23.8 Å². The highest BCUT2D eigenvalue weighted by atomic mass is 16.5. The third-order valence-corrected chi connectivity index (χ3v) is 4.58. The smallest absolute Gasteiger partial charge is 0.257 e. The highest BCUT2D eigenvalue weighted by Gasteiger charge is 2.23. The zero-order chi connectivity index (χ0) is 18.5. The number of piperazine rings is 1. The van der Waals surface area contributed by atoms with Gasteiger partial charge >= 0.3 is 0 Å². The molecule has 1 fully saturated rings. The molecule has 0 bridgehead atoms. The van der Waals surface area contributed by atoms with Gasteiger partial charge in [-0.2, -0.15) is 0 Å². The minimum absolute atomic E-state index is 0.00357. The number of methoxy groups -OCH3 is 2. The van der Waals surface area contributed by atoms with E-state index in [1.807, 2.05) is 23.1 Å². The third-order valence-electron chi connectivity index (χ3n) is 4.58. The van der Waals surface area contributed by atoms with E-state index in [0.29, 0.717) is 31.0 Å². The maximum absolute atomic E-state index is 12.5. The van der Waals surface area contributed by atoms with Crippen molar-refractivity contribution in [3.63, 3.8) is 0 Å². The van der Waals surface area contributed by atoms with Crippen molar-refractivity contribution in [3.05, 3.63) is 47.4 Å². The highest BCUT2D eigenvalue weighted by molar-refractivity contribution is 5.94. The van der Waals surface area contributed by atoms with Crippen LogP contribution in [0.1, 0.15) is 21.7 Å². The van der Waals surface area contributed by atoms with E-state index >= 15 is 0 Å². The maximum Gasteiger partial charge on any atom is 0.257 e. The topological polar surface area (TPSA) is 81.2 Å². The predicted octanol–water partition coefficient (Wildman–Crippen LogP) is 1.71. The maximum atomic E-state index is 12.5. The van der Waals surface area contributed by atoms with E-state index in [-0.39, 0.29) is 5.91 Å². The molecule has 1 aliphatic heterocycles. The second kappa shape index (κ2) is 8.25. The third kappa shape index (κ3) is 4.17. The number of carbonyl (C=O) groups is 1. The van der Waals surface area contributed by atoms with Gasteiger partial charge in [-0.3, -0.25) is 9.69 Å². The van der Waals surface area contributed by atoms with Crippen molar-refractivity contribution in [3.8, 4) is 11.5 Å². The predicted molar refractivity (Wildman–Crippen MR) is 97.3 cm³/mol. The largest absolute Gasteiger partial charge is 0.497 e. The minimum atomic E-state index is -0.00357. The first-order valence-corrected chi connectivity index (χ1v) is 8.64. The van der Waals surface area contributed by atoms with Crippen LogP contribution in [0.2, 0.25) is 0 Å². The van der Waals surface area contributed by atoms with Crippen LogP contribution in [-0.2, 0) is 13.1 Å². The lowest BCUT2D eigenvalue weighted by Crippen LogP contribution is -2.48. The summed E-state index contributed by atoms with van der Waals surface area (Å²) in [6.07, 6.45) is 1.49. The summed E-state index contributed by atoms with van der Waals surface area (Å²) in [7, 11) is 3.30. The second-order valence-electron chi connectivity index (χ2n) is 6.30. The molecule has 1 aromatic heterocycles. The first kappa shape index (κ1) is 18.3. The summed E-state index contributed by atoms with van der Waals surface area (Å²) in [6, 6.07) is 7.61. The van der Waals surface area contributed by atoms with Crippen LogP contribution in [0.3, 0.4) is 0 Å². The zero-order valence-corrected chi connectivity index (χ0v) is 15.2. The first-order valence-electron chi connectivity index (χ1n) is 8.64. The molecule has 7 heteroatoms. The van der Waals surface area contributed by atoms with Crippen LogP contribution in [0, 0.1) is 0 Å². The number of amides is 1. The van der Waals surface area contributed by atoms with Gasteiger partial charge in [-0.15, -0.1) is 0 Å². The lowest BCUT2D eigenvalue weighted by molar-refractivity contribution is 0.0627. The molecule has 0 atom stereocenters. The van der Waals surface area contributed by atoms with Crippen molar-refractivity contribution in [2.75, 3.05) is 40.4 Å². The minimum Gasteiger partial charge on any atom is -0.497 e. The van der Waals surface area contributed by atoms with Gasteiger partial charge in [0.2, 0.25) is 0 Å². The normalized spacial score (nSPS) is 15.1. The molecule has 1 saturated heterocycles. The van der Waals surface area contributed by atoms with E-state index in [9.17, 15) is 4.79 Å². The monoisotopic (exact) mass is 359 g/mol. The molecule has 7 nitrogen and oxygen atoms in total. The Morgan fingerprint density at radius 2 is 1.73 bits per heavy atom. The number of ether oxygens (including phenoxy) is 2. The molecular formula is C19H25N3O4. The summed E-state index contributed by atoms with van der Waals surface area (Å²) < 4.78 is 15.9. The lowest BCUT2D eigenvalue weighted by atomic mass is 10.1. The summed E-state index contributed by atoms with van der Waals surface area (Å²) in [5.41, 5.74) is 7.23. The molecule has 0 aliphatic carbocycles. The van der Waals surface area contributed by atoms with Crippen molar-refractivity contribution in [2.45, 2.75) is 13.1 Å². The zero-order valence-electron chi connectivity index (χ0n) is 15.2. The number of nitrogens with zero attached hydrogens (tertiary/aromatic N) is 2. The number of furan rings is 1. The van der Waals surface area contributed by atoms with Gasteiger partial charge in [0.1, 0.15) is 23.5 Å². The van der Waals surface area contributed by atoms with E-state index in [4.69, 9.17) is 19.6 Å². The average molecular weight is 359 g/mol. The fraction of sp³-hybridized carbons (Fsp3) is 0.421. The van der Waals surface area contributed by atoms with Gasteiger partial charge in [0.25, 0.3) is 5.91 Å².